The molecule has 1 amide bonds. The molecule has 0 aromatic heterocycles. The number of aliphatic carboxylic acids is 1. The second kappa shape index (κ2) is 6.45. The van der Waals surface area contributed by atoms with E-state index in [-0.39, 0.29) is 11.9 Å². The number of carbonyl (C=O) groups excluding carboxylic acids is 1. The average molecular weight is 249 g/mol. The molecule has 0 saturated carbocycles. The number of hydrogen-bond acceptors (Lipinski definition) is 4. The van der Waals surface area contributed by atoms with E-state index < -0.39 is 19.2 Å². The molecule has 2 N–H and O–H groups in total. The Morgan fingerprint density at radius 3 is 2.44 bits per heavy atom. The van der Waals surface area contributed by atoms with Crippen LogP contribution in [-0.2, 0) is 18.7 Å². The van der Waals surface area contributed by atoms with E-state index >= 15 is 0 Å². The second-order valence-electron chi connectivity index (χ2n) is 3.22. The van der Waals surface area contributed by atoms with E-state index in [1.165, 1.54) is 19.7 Å². The summed E-state index contributed by atoms with van der Waals surface area (Å²) in [7, 11) is -2.82. The van der Waals surface area contributed by atoms with E-state index in [1.54, 1.807) is 6.92 Å². The van der Waals surface area contributed by atoms with Crippen LogP contribution in [-0.4, -0.2) is 36.4 Å². The van der Waals surface area contributed by atoms with Gasteiger partial charge < -0.3 is 14.9 Å². The van der Waals surface area contributed by atoms with Gasteiger partial charge in [-0.05, 0) is 13.0 Å². The number of nitrogens with one attached hydrogen (secondary N) is 1. The van der Waals surface area contributed by atoms with Crippen molar-refractivity contribution in [3.05, 3.63) is 11.8 Å². The number of carbonyl (C=O) groups is 2. The van der Waals surface area contributed by atoms with Gasteiger partial charge in [0.1, 0.15) is 5.70 Å². The van der Waals surface area contributed by atoms with E-state index in [0.717, 1.165) is 0 Å². The van der Waals surface area contributed by atoms with Gasteiger partial charge in [-0.25, -0.2) is 4.79 Å². The fourth-order valence-corrected chi connectivity index (χ4v) is 2.13. The molecule has 0 saturated heterocycles. The highest BCUT2D eigenvalue weighted by Crippen LogP contribution is 2.42. The third-order valence-electron chi connectivity index (χ3n) is 1.57. The Morgan fingerprint density at radius 2 is 2.06 bits per heavy atom. The molecule has 0 rings (SSSR count). The Balaban J connectivity index is 4.63. The van der Waals surface area contributed by atoms with Gasteiger partial charge in [-0.2, -0.15) is 0 Å². The lowest BCUT2D eigenvalue weighted by Crippen LogP contribution is -2.25. The van der Waals surface area contributed by atoms with Crippen molar-refractivity contribution in [3.63, 3.8) is 0 Å². The van der Waals surface area contributed by atoms with Crippen molar-refractivity contribution < 1.29 is 23.8 Å². The number of hydrogen-bond donors (Lipinski definition) is 2. The van der Waals surface area contributed by atoms with Gasteiger partial charge in [-0.15, -0.1) is 0 Å². The molecule has 0 aliphatic heterocycles. The first kappa shape index (κ1) is 14.9. The maximum atomic E-state index is 11.7. The van der Waals surface area contributed by atoms with Crippen molar-refractivity contribution in [3.8, 4) is 0 Å². The molecular formula is C9H16NO5P. The van der Waals surface area contributed by atoms with Gasteiger partial charge in [0.15, 0.2) is 0 Å². The van der Waals surface area contributed by atoms with Crippen molar-refractivity contribution >= 4 is 19.2 Å². The van der Waals surface area contributed by atoms with Crippen molar-refractivity contribution in [1.82, 2.24) is 5.32 Å². The molecule has 0 aromatic rings. The second-order valence-corrected chi connectivity index (χ2v) is 5.87. The molecule has 1 atom stereocenters. The van der Waals surface area contributed by atoms with Crippen LogP contribution in [0.5, 0.6) is 0 Å². The van der Waals surface area contributed by atoms with Crippen molar-refractivity contribution in [2.45, 2.75) is 13.8 Å². The van der Waals surface area contributed by atoms with Crippen LogP contribution < -0.4 is 5.32 Å². The summed E-state index contributed by atoms with van der Waals surface area (Å²) in [6.07, 6.45) is 1.17. The van der Waals surface area contributed by atoms with Crippen molar-refractivity contribution in [2.75, 3.05) is 19.4 Å². The van der Waals surface area contributed by atoms with Crippen LogP contribution in [0.4, 0.5) is 0 Å². The molecule has 1 unspecified atom stereocenters. The summed E-state index contributed by atoms with van der Waals surface area (Å²) in [4.78, 5) is 21.4. The fourth-order valence-electron chi connectivity index (χ4n) is 0.964. The Hall–Kier alpha value is -1.13. The van der Waals surface area contributed by atoms with E-state index in [4.69, 9.17) is 9.63 Å². The summed E-state index contributed by atoms with van der Waals surface area (Å²) in [6.45, 7) is 4.61. The van der Waals surface area contributed by atoms with Crippen LogP contribution in [0.3, 0.4) is 0 Å². The predicted molar refractivity (Wildman–Crippen MR) is 59.6 cm³/mol. The predicted octanol–water partition coefficient (Wildman–Crippen LogP) is 1.04. The summed E-state index contributed by atoms with van der Waals surface area (Å²) in [5.74, 6) is -1.76. The molecule has 0 aliphatic rings. The molecule has 7 heteroatoms. The van der Waals surface area contributed by atoms with E-state index in [2.05, 4.69) is 5.32 Å². The van der Waals surface area contributed by atoms with E-state index in [1.807, 2.05) is 0 Å². The van der Waals surface area contributed by atoms with Crippen LogP contribution >= 0.6 is 7.37 Å². The van der Waals surface area contributed by atoms with Crippen LogP contribution in [0, 0.1) is 0 Å². The Bertz CT molecular complexity index is 350. The quantitative estimate of drug-likeness (QED) is 0.542. The number of amides is 1. The molecule has 0 aliphatic carbocycles. The zero-order chi connectivity index (χ0) is 12.8. The lowest BCUT2D eigenvalue weighted by Gasteiger charge is -2.10. The molecule has 0 bridgehead atoms. The highest BCUT2D eigenvalue weighted by atomic mass is 31.2. The van der Waals surface area contributed by atoms with Gasteiger partial charge in [-0.3, -0.25) is 9.36 Å². The minimum atomic E-state index is -2.82. The van der Waals surface area contributed by atoms with E-state index in [9.17, 15) is 14.2 Å². The Labute approximate surface area is 94.1 Å². The lowest BCUT2D eigenvalue weighted by atomic mass is 10.4. The highest BCUT2D eigenvalue weighted by molar-refractivity contribution is 7.58. The maximum Gasteiger partial charge on any atom is 0.352 e. The molecule has 0 radical (unpaired) electrons. The fraction of sp³-hybridized carbons (Fsp3) is 0.556. The molecule has 0 fully saturated rings. The maximum absolute atomic E-state index is 11.7. The summed E-state index contributed by atoms with van der Waals surface area (Å²) >= 11 is 0. The largest absolute Gasteiger partial charge is 0.477 e. The SMILES string of the molecule is CCOP(C)(=O)CC=C(NC(C)=O)C(=O)O. The van der Waals surface area contributed by atoms with Gasteiger partial charge in [0, 0.05) is 19.8 Å². The monoisotopic (exact) mass is 249 g/mol. The zero-order valence-corrected chi connectivity index (χ0v) is 10.4. The number of rotatable bonds is 6. The van der Waals surface area contributed by atoms with Crippen LogP contribution in [0.2, 0.25) is 0 Å². The summed E-state index contributed by atoms with van der Waals surface area (Å²) in [5, 5.41) is 10.9. The Morgan fingerprint density at radius 1 is 1.50 bits per heavy atom. The summed E-state index contributed by atoms with van der Waals surface area (Å²) < 4.78 is 16.6. The van der Waals surface area contributed by atoms with Crippen LogP contribution in [0.15, 0.2) is 11.8 Å². The van der Waals surface area contributed by atoms with Gasteiger partial charge in [-0.1, -0.05) is 0 Å². The highest BCUT2D eigenvalue weighted by Gasteiger charge is 2.16. The standard InChI is InChI=1S/C9H16NO5P/c1-4-15-16(3,14)6-5-8(9(12)13)10-7(2)11/h5H,4,6H2,1-3H3,(H,10,11)(H,12,13). The molecule has 0 spiro atoms. The summed E-state index contributed by atoms with van der Waals surface area (Å²) in [5.41, 5.74) is -0.283. The average Bonchev–Trinajstić information content (AvgIpc) is 2.11. The zero-order valence-electron chi connectivity index (χ0n) is 9.52. The third kappa shape index (κ3) is 6.37. The molecule has 92 valence electrons. The smallest absolute Gasteiger partial charge is 0.352 e. The first-order valence-electron chi connectivity index (χ1n) is 4.70. The normalized spacial score (nSPS) is 15.3. The van der Waals surface area contributed by atoms with Gasteiger partial charge >= 0.3 is 5.97 Å². The number of allylic oxidation sites excluding steroid dienone is 1. The van der Waals surface area contributed by atoms with Gasteiger partial charge in [0.05, 0.1) is 6.61 Å². The van der Waals surface area contributed by atoms with E-state index in [0.29, 0.717) is 6.61 Å². The first-order chi connectivity index (χ1) is 7.28. The number of carboxylic acid groups (broad SMARTS) is 1. The molecule has 6 nitrogen and oxygen atoms in total. The lowest BCUT2D eigenvalue weighted by molar-refractivity contribution is -0.134. The molecule has 16 heavy (non-hydrogen) atoms. The van der Waals surface area contributed by atoms with Gasteiger partial charge in [0.25, 0.3) is 0 Å². The Kier molecular flexibility index (Phi) is 6.00. The topological polar surface area (TPSA) is 92.7 Å². The molecule has 0 aromatic carbocycles. The number of carboxylic acids is 1. The van der Waals surface area contributed by atoms with Gasteiger partial charge in [0.2, 0.25) is 13.3 Å². The molecular weight excluding hydrogens is 233 g/mol. The van der Waals surface area contributed by atoms with Crippen molar-refractivity contribution in [1.29, 1.82) is 0 Å². The van der Waals surface area contributed by atoms with Crippen LogP contribution in [0.1, 0.15) is 13.8 Å². The van der Waals surface area contributed by atoms with Crippen molar-refractivity contribution in [2.24, 2.45) is 0 Å². The minimum Gasteiger partial charge on any atom is -0.477 e. The van der Waals surface area contributed by atoms with Crippen LogP contribution in [0.25, 0.3) is 0 Å². The third-order valence-corrected chi connectivity index (χ3v) is 3.22. The minimum absolute atomic E-state index is 0.0250. The molecule has 0 heterocycles. The summed E-state index contributed by atoms with van der Waals surface area (Å²) in [6, 6.07) is 0. The first-order valence-corrected chi connectivity index (χ1v) is 6.96.